The van der Waals surface area contributed by atoms with Crippen molar-refractivity contribution in [2.24, 2.45) is 5.41 Å². The summed E-state index contributed by atoms with van der Waals surface area (Å²) >= 11 is 0. The summed E-state index contributed by atoms with van der Waals surface area (Å²) in [5, 5.41) is 11.4. The van der Waals surface area contributed by atoms with Crippen LogP contribution in [0.2, 0.25) is 0 Å². The van der Waals surface area contributed by atoms with Crippen molar-refractivity contribution in [3.05, 3.63) is 0 Å². The molecule has 1 aliphatic heterocycles. The van der Waals surface area contributed by atoms with Crippen molar-refractivity contribution in [1.82, 2.24) is 10.2 Å². The maximum atomic E-state index is 12.0. The Kier molecular flexibility index (Phi) is 3.53. The van der Waals surface area contributed by atoms with Crippen molar-refractivity contribution < 1.29 is 9.59 Å². The molecule has 1 aliphatic carbocycles. The molecule has 0 aromatic rings. The third kappa shape index (κ3) is 2.44. The lowest BCUT2D eigenvalue weighted by Crippen LogP contribution is -2.47. The van der Waals surface area contributed by atoms with Gasteiger partial charge in [0.25, 0.3) is 5.91 Å². The number of carbonyl (C=O) groups excluding carboxylic acids is 2. The number of carbonyl (C=O) groups is 2. The van der Waals surface area contributed by atoms with Crippen LogP contribution in [0.25, 0.3) is 0 Å². The number of hydrogen-bond acceptors (Lipinski definition) is 3. The first kappa shape index (κ1) is 13.9. The molecule has 2 rings (SSSR count). The third-order valence-electron chi connectivity index (χ3n) is 4.32. The van der Waals surface area contributed by atoms with Crippen LogP contribution in [0.5, 0.6) is 0 Å². The number of imide groups is 1. The van der Waals surface area contributed by atoms with Gasteiger partial charge < -0.3 is 4.90 Å². The van der Waals surface area contributed by atoms with Gasteiger partial charge in [0.2, 0.25) is 0 Å². The number of nitrogens with one attached hydrogen (secondary N) is 1. The van der Waals surface area contributed by atoms with Crippen LogP contribution in [0.4, 0.5) is 4.79 Å². The van der Waals surface area contributed by atoms with Gasteiger partial charge in [0.05, 0.1) is 11.5 Å². The summed E-state index contributed by atoms with van der Waals surface area (Å²) in [5.41, 5.74) is -0.961. The van der Waals surface area contributed by atoms with Crippen LogP contribution in [0.1, 0.15) is 52.4 Å². The molecular formula is C14H21N3O2. The Morgan fingerprint density at radius 1 is 1.37 bits per heavy atom. The Balaban J connectivity index is 2.00. The maximum Gasteiger partial charge on any atom is 0.325 e. The second-order valence-electron chi connectivity index (χ2n) is 6.25. The molecule has 19 heavy (non-hydrogen) atoms. The quantitative estimate of drug-likeness (QED) is 0.790. The van der Waals surface area contributed by atoms with Crippen molar-refractivity contribution in [3.63, 3.8) is 0 Å². The summed E-state index contributed by atoms with van der Waals surface area (Å²) in [7, 11) is 0. The SMILES string of the molecule is CC(C)(C#N)CCCN1C(=O)NC(=O)C12CCCC2. The van der Waals surface area contributed by atoms with Gasteiger partial charge in [-0.15, -0.1) is 0 Å². The normalized spacial score (nSPS) is 21.8. The molecule has 2 aliphatic rings. The van der Waals surface area contributed by atoms with Gasteiger partial charge in [0, 0.05) is 6.54 Å². The molecule has 0 aromatic heterocycles. The number of rotatable bonds is 4. The van der Waals surface area contributed by atoms with Gasteiger partial charge in [0.15, 0.2) is 0 Å². The Morgan fingerprint density at radius 2 is 2.00 bits per heavy atom. The number of hydrogen-bond donors (Lipinski definition) is 1. The zero-order chi connectivity index (χ0) is 14.1. The monoisotopic (exact) mass is 263 g/mol. The topological polar surface area (TPSA) is 73.2 Å². The number of nitrogens with zero attached hydrogens (tertiary/aromatic N) is 2. The highest BCUT2D eigenvalue weighted by molar-refractivity contribution is 6.07. The van der Waals surface area contributed by atoms with Crippen molar-refractivity contribution >= 4 is 11.9 Å². The molecule has 0 radical (unpaired) electrons. The van der Waals surface area contributed by atoms with Gasteiger partial charge in [0.1, 0.15) is 5.54 Å². The molecule has 1 saturated heterocycles. The zero-order valence-electron chi connectivity index (χ0n) is 11.7. The third-order valence-corrected chi connectivity index (χ3v) is 4.32. The van der Waals surface area contributed by atoms with E-state index in [0.717, 1.165) is 38.5 Å². The zero-order valence-corrected chi connectivity index (χ0v) is 11.7. The molecule has 5 heteroatoms. The lowest BCUT2D eigenvalue weighted by molar-refractivity contribution is -0.126. The first-order valence-electron chi connectivity index (χ1n) is 6.96. The highest BCUT2D eigenvalue weighted by Gasteiger charge is 2.53. The van der Waals surface area contributed by atoms with E-state index >= 15 is 0 Å². The first-order chi connectivity index (χ1) is 8.91. The predicted molar refractivity (Wildman–Crippen MR) is 70.1 cm³/mol. The smallest absolute Gasteiger partial charge is 0.310 e. The Labute approximate surface area is 113 Å². The van der Waals surface area contributed by atoms with Crippen LogP contribution in [-0.4, -0.2) is 28.9 Å². The van der Waals surface area contributed by atoms with Gasteiger partial charge in [-0.1, -0.05) is 12.8 Å². The van der Waals surface area contributed by atoms with Crippen LogP contribution in [-0.2, 0) is 4.79 Å². The Morgan fingerprint density at radius 3 is 2.58 bits per heavy atom. The second kappa shape index (κ2) is 4.84. The summed E-state index contributed by atoms with van der Waals surface area (Å²) in [5.74, 6) is -0.130. The molecule has 5 nitrogen and oxygen atoms in total. The van der Waals surface area contributed by atoms with Crippen LogP contribution in [0, 0.1) is 16.7 Å². The average molecular weight is 263 g/mol. The van der Waals surface area contributed by atoms with Gasteiger partial charge in [-0.25, -0.2) is 4.79 Å². The van der Waals surface area contributed by atoms with Crippen LogP contribution >= 0.6 is 0 Å². The van der Waals surface area contributed by atoms with Crippen LogP contribution in [0.15, 0.2) is 0 Å². The minimum absolute atomic E-state index is 0.130. The van der Waals surface area contributed by atoms with E-state index in [1.807, 2.05) is 13.8 Å². The van der Waals surface area contributed by atoms with E-state index in [4.69, 9.17) is 5.26 Å². The van der Waals surface area contributed by atoms with Gasteiger partial charge >= 0.3 is 6.03 Å². The van der Waals surface area contributed by atoms with E-state index in [9.17, 15) is 9.59 Å². The van der Waals surface area contributed by atoms with Crippen molar-refractivity contribution in [1.29, 1.82) is 5.26 Å². The standard InChI is InChI=1S/C14H21N3O2/c1-13(2,10-15)6-5-9-17-12(19)16-11(18)14(17)7-3-4-8-14/h3-9H2,1-2H3,(H,16,18,19). The van der Waals surface area contributed by atoms with E-state index in [-0.39, 0.29) is 17.4 Å². The Bertz CT molecular complexity index is 430. The number of amides is 3. The molecule has 1 N–H and O–H groups in total. The van der Waals surface area contributed by atoms with Gasteiger partial charge in [-0.3, -0.25) is 10.1 Å². The molecule has 0 atom stereocenters. The maximum absolute atomic E-state index is 12.0. The van der Waals surface area contributed by atoms with E-state index < -0.39 is 5.54 Å². The highest BCUT2D eigenvalue weighted by Crippen LogP contribution is 2.39. The van der Waals surface area contributed by atoms with E-state index in [2.05, 4.69) is 11.4 Å². The van der Waals surface area contributed by atoms with Crippen molar-refractivity contribution in [2.45, 2.75) is 57.9 Å². The van der Waals surface area contributed by atoms with Crippen LogP contribution in [0.3, 0.4) is 0 Å². The molecule has 104 valence electrons. The first-order valence-corrected chi connectivity index (χ1v) is 6.96. The lowest BCUT2D eigenvalue weighted by Gasteiger charge is -2.31. The number of nitriles is 1. The molecule has 0 unspecified atom stereocenters. The molecule has 3 amide bonds. The minimum atomic E-state index is -0.589. The molecule has 1 spiro atoms. The summed E-state index contributed by atoms with van der Waals surface area (Å²) in [6, 6.07) is 2.00. The molecule has 0 aromatic carbocycles. The van der Waals surface area contributed by atoms with E-state index in [1.165, 1.54) is 0 Å². The van der Waals surface area contributed by atoms with E-state index in [1.54, 1.807) is 4.90 Å². The minimum Gasteiger partial charge on any atom is -0.310 e. The molecule has 2 fully saturated rings. The summed E-state index contributed by atoms with van der Waals surface area (Å²) in [4.78, 5) is 25.6. The molecular weight excluding hydrogens is 242 g/mol. The highest BCUT2D eigenvalue weighted by atomic mass is 16.2. The molecule has 1 heterocycles. The largest absolute Gasteiger partial charge is 0.325 e. The fourth-order valence-corrected chi connectivity index (χ4v) is 3.11. The molecule has 0 bridgehead atoms. The van der Waals surface area contributed by atoms with Gasteiger partial charge in [-0.05, 0) is 39.5 Å². The predicted octanol–water partition coefficient (Wildman–Crippen LogP) is 2.18. The number of urea groups is 1. The summed E-state index contributed by atoms with van der Waals surface area (Å²) in [6.07, 6.45) is 5.03. The fourth-order valence-electron chi connectivity index (χ4n) is 3.11. The summed E-state index contributed by atoms with van der Waals surface area (Å²) in [6.45, 7) is 4.35. The second-order valence-corrected chi connectivity index (χ2v) is 6.25. The van der Waals surface area contributed by atoms with Crippen molar-refractivity contribution in [2.75, 3.05) is 6.54 Å². The lowest BCUT2D eigenvalue weighted by atomic mass is 9.89. The van der Waals surface area contributed by atoms with Crippen LogP contribution < -0.4 is 5.32 Å². The average Bonchev–Trinajstić information content (AvgIpc) is 2.92. The van der Waals surface area contributed by atoms with Gasteiger partial charge in [-0.2, -0.15) is 5.26 Å². The van der Waals surface area contributed by atoms with Crippen molar-refractivity contribution in [3.8, 4) is 6.07 Å². The van der Waals surface area contributed by atoms with E-state index in [0.29, 0.717) is 6.54 Å². The summed E-state index contributed by atoms with van der Waals surface area (Å²) < 4.78 is 0. The Hall–Kier alpha value is -1.57. The molecule has 1 saturated carbocycles. The fraction of sp³-hybridized carbons (Fsp3) is 0.786.